The van der Waals surface area contributed by atoms with Gasteiger partial charge < -0.3 is 5.73 Å². The monoisotopic (exact) mass is 328 g/mol. The van der Waals surface area contributed by atoms with Gasteiger partial charge in [-0.15, -0.1) is 23.1 Å². The second-order valence-corrected chi connectivity index (χ2v) is 7.99. The molecule has 0 saturated carbocycles. The quantitative estimate of drug-likeness (QED) is 0.800. The number of sulfonamides is 1. The van der Waals surface area contributed by atoms with Crippen molar-refractivity contribution in [2.75, 3.05) is 17.5 Å². The maximum absolute atomic E-state index is 12.3. The number of nitrogens with one attached hydrogen (secondary N) is 1. The molecule has 0 aliphatic heterocycles. The molecule has 1 aromatic heterocycles. The van der Waals surface area contributed by atoms with Crippen molar-refractivity contribution in [3.8, 4) is 0 Å². The third-order valence-electron chi connectivity index (χ3n) is 2.64. The number of para-hydroxylation sites is 1. The minimum absolute atomic E-state index is 0.317. The first-order valence-corrected chi connectivity index (χ1v) is 9.54. The van der Waals surface area contributed by atoms with Gasteiger partial charge in [-0.25, -0.2) is 8.42 Å². The predicted molar refractivity (Wildman–Crippen MR) is 86.1 cm³/mol. The summed E-state index contributed by atoms with van der Waals surface area (Å²) in [5, 5.41) is 0. The van der Waals surface area contributed by atoms with Gasteiger partial charge in [0, 0.05) is 9.77 Å². The Balaban J connectivity index is 2.26. The van der Waals surface area contributed by atoms with E-state index in [4.69, 9.17) is 5.73 Å². The highest BCUT2D eigenvalue weighted by molar-refractivity contribution is 7.99. The Morgan fingerprint density at radius 3 is 2.70 bits per heavy atom. The van der Waals surface area contributed by atoms with E-state index in [-0.39, 0.29) is 0 Å². The molecule has 0 aliphatic rings. The van der Waals surface area contributed by atoms with Crippen LogP contribution in [0.3, 0.4) is 0 Å². The van der Waals surface area contributed by atoms with E-state index < -0.39 is 10.0 Å². The van der Waals surface area contributed by atoms with Crippen LogP contribution in [0, 0.1) is 0 Å². The molecule has 0 atom stereocenters. The van der Waals surface area contributed by atoms with Crippen LogP contribution in [0.2, 0.25) is 0 Å². The molecule has 2 aromatic rings. The van der Waals surface area contributed by atoms with Gasteiger partial charge in [0.15, 0.2) is 0 Å². The smallest absolute Gasteiger partial charge is 0.271 e. The van der Waals surface area contributed by atoms with E-state index in [0.29, 0.717) is 22.9 Å². The summed E-state index contributed by atoms with van der Waals surface area (Å²) in [6.45, 7) is 0.517. The number of hydrogen-bond donors (Lipinski definition) is 2. The summed E-state index contributed by atoms with van der Waals surface area (Å²) in [6.07, 6.45) is 2.61. The molecule has 20 heavy (non-hydrogen) atoms. The lowest BCUT2D eigenvalue weighted by Gasteiger charge is -2.09. The topological polar surface area (TPSA) is 72.2 Å². The zero-order chi connectivity index (χ0) is 14.6. The van der Waals surface area contributed by atoms with E-state index in [1.165, 1.54) is 23.1 Å². The number of anilines is 1. The van der Waals surface area contributed by atoms with Gasteiger partial charge in [-0.1, -0.05) is 12.1 Å². The Morgan fingerprint density at radius 2 is 2.00 bits per heavy atom. The first-order chi connectivity index (χ1) is 9.56. The van der Waals surface area contributed by atoms with Crippen molar-refractivity contribution in [3.63, 3.8) is 0 Å². The zero-order valence-electron chi connectivity index (χ0n) is 11.0. The Hall–Kier alpha value is -1.02. The zero-order valence-corrected chi connectivity index (χ0v) is 13.4. The van der Waals surface area contributed by atoms with E-state index in [1.807, 2.05) is 30.5 Å². The normalized spacial score (nSPS) is 11.5. The predicted octanol–water partition coefficient (Wildman–Crippen LogP) is 2.77. The lowest BCUT2D eigenvalue weighted by molar-refractivity contribution is 0.603. The van der Waals surface area contributed by atoms with E-state index >= 15 is 0 Å². The van der Waals surface area contributed by atoms with E-state index in [9.17, 15) is 8.42 Å². The minimum Gasteiger partial charge on any atom is -0.330 e. The molecular weight excluding hydrogens is 312 g/mol. The van der Waals surface area contributed by atoms with Gasteiger partial charge in [0.25, 0.3) is 10.0 Å². The van der Waals surface area contributed by atoms with Gasteiger partial charge in [0.05, 0.1) is 5.69 Å². The van der Waals surface area contributed by atoms with Crippen LogP contribution < -0.4 is 10.5 Å². The maximum Gasteiger partial charge on any atom is 0.271 e. The highest BCUT2D eigenvalue weighted by Gasteiger charge is 2.18. The van der Waals surface area contributed by atoms with Crippen LogP contribution in [0.1, 0.15) is 4.88 Å². The summed E-state index contributed by atoms with van der Waals surface area (Å²) in [7, 11) is -3.53. The summed E-state index contributed by atoms with van der Waals surface area (Å²) in [4.78, 5) is 1.88. The van der Waals surface area contributed by atoms with E-state index in [0.717, 1.165) is 9.77 Å². The molecular formula is C13H16N2O2S3. The van der Waals surface area contributed by atoms with Crippen molar-refractivity contribution in [2.45, 2.75) is 15.5 Å². The average molecular weight is 328 g/mol. The molecule has 3 N–H and O–H groups in total. The molecule has 0 spiro atoms. The summed E-state index contributed by atoms with van der Waals surface area (Å²) < 4.78 is 27.6. The fourth-order valence-electron chi connectivity index (χ4n) is 1.70. The van der Waals surface area contributed by atoms with Crippen molar-refractivity contribution in [1.82, 2.24) is 0 Å². The standard InChI is InChI=1S/C13H16N2O2S3/c1-18-12-5-3-2-4-11(12)15-20(16,17)13-7-6-10(19-13)8-9-14/h2-7,15H,8-9,14H2,1H3. The number of thioether (sulfide) groups is 1. The maximum atomic E-state index is 12.3. The number of hydrogen-bond acceptors (Lipinski definition) is 5. The SMILES string of the molecule is CSc1ccccc1NS(=O)(=O)c1ccc(CCN)s1. The van der Waals surface area contributed by atoms with Crippen LogP contribution in [0.15, 0.2) is 45.5 Å². The lowest BCUT2D eigenvalue weighted by Crippen LogP contribution is -2.12. The Morgan fingerprint density at radius 1 is 1.25 bits per heavy atom. The lowest BCUT2D eigenvalue weighted by atomic mass is 10.3. The molecule has 1 aromatic carbocycles. The molecule has 4 nitrogen and oxygen atoms in total. The fourth-order valence-corrected chi connectivity index (χ4v) is 4.77. The fraction of sp³-hybridized carbons (Fsp3) is 0.231. The molecule has 108 valence electrons. The molecule has 0 amide bonds. The number of rotatable bonds is 6. The number of thiophene rings is 1. The van der Waals surface area contributed by atoms with Gasteiger partial charge in [-0.3, -0.25) is 4.72 Å². The van der Waals surface area contributed by atoms with Gasteiger partial charge >= 0.3 is 0 Å². The first kappa shape index (κ1) is 15.4. The third-order valence-corrected chi connectivity index (χ3v) is 6.44. The first-order valence-electron chi connectivity index (χ1n) is 6.01. The Labute approximate surface area is 127 Å². The second kappa shape index (κ2) is 6.62. The molecule has 7 heteroatoms. The molecule has 0 fully saturated rings. The molecule has 0 unspecified atom stereocenters. The second-order valence-electron chi connectivity index (χ2n) is 4.07. The number of benzene rings is 1. The molecule has 0 bridgehead atoms. The van der Waals surface area contributed by atoms with Gasteiger partial charge in [0.1, 0.15) is 4.21 Å². The van der Waals surface area contributed by atoms with E-state index in [1.54, 1.807) is 12.1 Å². The Bertz CT molecular complexity index is 680. The van der Waals surface area contributed by atoms with Crippen molar-refractivity contribution in [3.05, 3.63) is 41.3 Å². The minimum atomic E-state index is -3.53. The summed E-state index contributed by atoms with van der Waals surface area (Å²) in [5.41, 5.74) is 6.08. The summed E-state index contributed by atoms with van der Waals surface area (Å²) >= 11 is 2.76. The van der Waals surface area contributed by atoms with Crippen molar-refractivity contribution in [2.24, 2.45) is 5.73 Å². The van der Waals surface area contributed by atoms with Crippen LogP contribution >= 0.6 is 23.1 Å². The van der Waals surface area contributed by atoms with Crippen LogP contribution in [-0.4, -0.2) is 21.2 Å². The molecule has 1 heterocycles. The summed E-state index contributed by atoms with van der Waals surface area (Å²) in [5.74, 6) is 0. The molecule has 0 aliphatic carbocycles. The highest BCUT2D eigenvalue weighted by atomic mass is 32.2. The van der Waals surface area contributed by atoms with E-state index in [2.05, 4.69) is 4.72 Å². The third kappa shape index (κ3) is 3.54. The van der Waals surface area contributed by atoms with Gasteiger partial charge in [0.2, 0.25) is 0 Å². The molecule has 0 radical (unpaired) electrons. The van der Waals surface area contributed by atoms with Crippen LogP contribution in [0.4, 0.5) is 5.69 Å². The summed E-state index contributed by atoms with van der Waals surface area (Å²) in [6, 6.07) is 10.8. The Kier molecular flexibility index (Phi) is 5.09. The van der Waals surface area contributed by atoms with Gasteiger partial charge in [-0.2, -0.15) is 0 Å². The van der Waals surface area contributed by atoms with Crippen LogP contribution in [-0.2, 0) is 16.4 Å². The van der Waals surface area contributed by atoms with Crippen LogP contribution in [0.25, 0.3) is 0 Å². The highest BCUT2D eigenvalue weighted by Crippen LogP contribution is 2.29. The van der Waals surface area contributed by atoms with Crippen molar-refractivity contribution in [1.29, 1.82) is 0 Å². The number of nitrogens with two attached hydrogens (primary N) is 1. The average Bonchev–Trinajstić information content (AvgIpc) is 2.89. The largest absolute Gasteiger partial charge is 0.330 e. The van der Waals surface area contributed by atoms with Gasteiger partial charge in [-0.05, 0) is 43.5 Å². The molecule has 2 rings (SSSR count). The van der Waals surface area contributed by atoms with Crippen molar-refractivity contribution < 1.29 is 8.42 Å². The van der Waals surface area contributed by atoms with Crippen molar-refractivity contribution >= 4 is 38.8 Å². The van der Waals surface area contributed by atoms with Crippen LogP contribution in [0.5, 0.6) is 0 Å². The molecule has 0 saturated heterocycles.